The number of hydrogen-bond donors (Lipinski definition) is 1. The second kappa shape index (κ2) is 10.2. The lowest BCUT2D eigenvalue weighted by molar-refractivity contribution is -0.123. The van der Waals surface area contributed by atoms with Crippen molar-refractivity contribution in [1.82, 2.24) is 24.8 Å². The van der Waals surface area contributed by atoms with Crippen molar-refractivity contribution in [3.05, 3.63) is 82.9 Å². The summed E-state index contributed by atoms with van der Waals surface area (Å²) in [6, 6.07) is 16.8. The summed E-state index contributed by atoms with van der Waals surface area (Å²) >= 11 is 0. The number of halogens is 1. The van der Waals surface area contributed by atoms with Gasteiger partial charge in [0.05, 0.1) is 17.7 Å². The van der Waals surface area contributed by atoms with Crippen LogP contribution in [-0.4, -0.2) is 50.9 Å². The van der Waals surface area contributed by atoms with Crippen LogP contribution in [0, 0.1) is 23.2 Å². The second-order valence-electron chi connectivity index (χ2n) is 11.5. The lowest BCUT2D eigenvalue weighted by atomic mass is 9.93. The van der Waals surface area contributed by atoms with Gasteiger partial charge in [-0.3, -0.25) is 14.9 Å². The van der Waals surface area contributed by atoms with E-state index in [9.17, 15) is 9.59 Å². The molecule has 1 saturated carbocycles. The Bertz CT molecular complexity index is 1770. The summed E-state index contributed by atoms with van der Waals surface area (Å²) in [5.74, 6) is -0.851. The van der Waals surface area contributed by atoms with Gasteiger partial charge in [0, 0.05) is 48.6 Å². The largest absolute Gasteiger partial charge is 0.371 e. The maximum atomic E-state index is 15.5. The Labute approximate surface area is 242 Å². The first-order valence-corrected chi connectivity index (χ1v) is 14.4. The van der Waals surface area contributed by atoms with E-state index in [1.807, 2.05) is 34.1 Å². The van der Waals surface area contributed by atoms with Crippen LogP contribution in [-0.2, 0) is 11.2 Å². The van der Waals surface area contributed by atoms with Crippen molar-refractivity contribution in [2.24, 2.45) is 5.92 Å². The minimum Gasteiger partial charge on any atom is -0.371 e. The van der Waals surface area contributed by atoms with Gasteiger partial charge in [-0.05, 0) is 68.0 Å². The number of benzene rings is 2. The molecule has 0 spiro atoms. The van der Waals surface area contributed by atoms with Crippen molar-refractivity contribution in [3.63, 3.8) is 0 Å². The topological polar surface area (TPSA) is 107 Å². The van der Waals surface area contributed by atoms with E-state index in [2.05, 4.69) is 24.4 Å². The third-order valence-electron chi connectivity index (χ3n) is 8.86. The fourth-order valence-corrected chi connectivity index (χ4v) is 6.38. The smallest absolute Gasteiger partial charge is 0.273 e. The molecule has 2 amide bonds. The summed E-state index contributed by atoms with van der Waals surface area (Å²) in [6.07, 6.45) is 5.12. The zero-order valence-corrected chi connectivity index (χ0v) is 23.3. The Morgan fingerprint density at radius 2 is 1.90 bits per heavy atom. The van der Waals surface area contributed by atoms with E-state index < -0.39 is 5.82 Å². The van der Waals surface area contributed by atoms with Gasteiger partial charge in [-0.15, -0.1) is 0 Å². The van der Waals surface area contributed by atoms with E-state index in [0.29, 0.717) is 60.3 Å². The zero-order valence-electron chi connectivity index (χ0n) is 23.3. The van der Waals surface area contributed by atoms with Crippen LogP contribution in [0.3, 0.4) is 0 Å². The Hall–Kier alpha value is -4.78. The van der Waals surface area contributed by atoms with Crippen LogP contribution in [0.4, 0.5) is 10.1 Å². The molecule has 3 aliphatic rings. The van der Waals surface area contributed by atoms with E-state index in [4.69, 9.17) is 15.3 Å². The molecule has 1 aliphatic carbocycles. The molecule has 9 nitrogen and oxygen atoms in total. The number of carbonyl (C=O) groups is 2. The molecule has 42 heavy (non-hydrogen) atoms. The van der Waals surface area contributed by atoms with E-state index in [0.717, 1.165) is 25.0 Å². The van der Waals surface area contributed by atoms with Crippen LogP contribution in [0.1, 0.15) is 65.5 Å². The maximum absolute atomic E-state index is 15.5. The van der Waals surface area contributed by atoms with Gasteiger partial charge < -0.3 is 9.80 Å². The molecule has 0 bridgehead atoms. The third kappa shape index (κ3) is 4.55. The van der Waals surface area contributed by atoms with Gasteiger partial charge in [0.15, 0.2) is 11.8 Å². The van der Waals surface area contributed by atoms with Crippen molar-refractivity contribution in [3.8, 4) is 17.5 Å². The summed E-state index contributed by atoms with van der Waals surface area (Å²) in [7, 11) is 0. The SMILES string of the molecule is C[C@@H]1c2ccccc2CCN1C(=O)c1cc(C2CC2)n2nc(-c3ccc(N4CCC(C(=O)NC#N)C4)cc3F)cc2n1. The Balaban J connectivity index is 1.18. The first kappa shape index (κ1) is 26.1. The average molecular weight is 564 g/mol. The molecule has 10 heteroatoms. The number of amides is 2. The summed E-state index contributed by atoms with van der Waals surface area (Å²) in [6.45, 7) is 3.71. The van der Waals surface area contributed by atoms with E-state index >= 15 is 4.39 Å². The highest BCUT2D eigenvalue weighted by molar-refractivity contribution is 5.93. The molecule has 2 aromatic carbocycles. The lowest BCUT2D eigenvalue weighted by Crippen LogP contribution is -2.39. The normalized spacial score (nSPS) is 19.9. The highest BCUT2D eigenvalue weighted by Crippen LogP contribution is 2.41. The van der Waals surface area contributed by atoms with Crippen LogP contribution in [0.5, 0.6) is 0 Å². The number of aromatic nitrogens is 3. The summed E-state index contributed by atoms with van der Waals surface area (Å²) < 4.78 is 17.3. The first-order chi connectivity index (χ1) is 20.4. The maximum Gasteiger partial charge on any atom is 0.273 e. The van der Waals surface area contributed by atoms with Crippen molar-refractivity contribution < 1.29 is 14.0 Å². The lowest BCUT2D eigenvalue weighted by Gasteiger charge is -2.35. The minimum absolute atomic E-state index is 0.0513. The van der Waals surface area contributed by atoms with E-state index in [1.54, 1.807) is 22.8 Å². The summed E-state index contributed by atoms with van der Waals surface area (Å²) in [5, 5.41) is 15.7. The van der Waals surface area contributed by atoms with Crippen LogP contribution in [0.15, 0.2) is 54.6 Å². The molecule has 4 heterocycles. The van der Waals surface area contributed by atoms with Gasteiger partial charge >= 0.3 is 0 Å². The van der Waals surface area contributed by atoms with Gasteiger partial charge in [0.2, 0.25) is 5.91 Å². The molecule has 1 saturated heterocycles. The van der Waals surface area contributed by atoms with Crippen molar-refractivity contribution >= 4 is 23.1 Å². The van der Waals surface area contributed by atoms with E-state index in [-0.39, 0.29) is 23.8 Å². The monoisotopic (exact) mass is 563 g/mol. The van der Waals surface area contributed by atoms with Gasteiger partial charge in [-0.2, -0.15) is 10.4 Å². The Morgan fingerprint density at radius 3 is 2.69 bits per heavy atom. The molecular weight excluding hydrogens is 533 g/mol. The number of rotatable bonds is 5. The molecule has 1 unspecified atom stereocenters. The van der Waals surface area contributed by atoms with Gasteiger partial charge in [-0.25, -0.2) is 13.9 Å². The molecule has 7 rings (SSSR count). The van der Waals surface area contributed by atoms with E-state index in [1.165, 1.54) is 17.2 Å². The molecule has 2 fully saturated rings. The van der Waals surface area contributed by atoms with Crippen LogP contribution < -0.4 is 10.2 Å². The molecule has 212 valence electrons. The number of carbonyl (C=O) groups excluding carboxylic acids is 2. The highest BCUT2D eigenvalue weighted by Gasteiger charge is 2.33. The standard InChI is InChI=1S/C32H30FN7O2/c1-19-24-5-3-2-4-20(24)11-13-39(19)32(42)28-15-29(21-6-7-21)40-30(36-28)16-27(37-40)25-9-8-23(14-26(25)33)38-12-10-22(17-38)31(41)35-18-34/h2-5,8-9,14-16,19,21-22H,6-7,10-13,17H2,1H3,(H,35,41)/t19-,22?/m1/s1. The van der Waals surface area contributed by atoms with Crippen molar-refractivity contribution in [1.29, 1.82) is 5.26 Å². The number of hydrogen-bond acceptors (Lipinski definition) is 6. The predicted molar refractivity (Wildman–Crippen MR) is 154 cm³/mol. The molecule has 2 aromatic heterocycles. The first-order valence-electron chi connectivity index (χ1n) is 14.4. The number of nitrogens with one attached hydrogen (secondary N) is 1. The number of fused-ring (bicyclic) bond motifs is 2. The molecule has 4 aromatic rings. The Kier molecular flexibility index (Phi) is 6.38. The molecule has 0 radical (unpaired) electrons. The van der Waals surface area contributed by atoms with Crippen LogP contribution in [0.2, 0.25) is 0 Å². The molecule has 2 atom stereocenters. The molecular formula is C32H30FN7O2. The van der Waals surface area contributed by atoms with Crippen LogP contribution in [0.25, 0.3) is 16.9 Å². The Morgan fingerprint density at radius 1 is 1.07 bits per heavy atom. The molecule has 2 aliphatic heterocycles. The van der Waals surface area contributed by atoms with Gasteiger partial charge in [0.1, 0.15) is 11.5 Å². The van der Waals surface area contributed by atoms with Crippen LogP contribution >= 0.6 is 0 Å². The molecule has 1 N–H and O–H groups in total. The summed E-state index contributed by atoms with van der Waals surface area (Å²) in [5.41, 5.74) is 5.76. The fraction of sp³-hybridized carbons (Fsp3) is 0.344. The second-order valence-corrected chi connectivity index (χ2v) is 11.5. The summed E-state index contributed by atoms with van der Waals surface area (Å²) in [4.78, 5) is 34.4. The average Bonchev–Trinajstić information content (AvgIpc) is 3.55. The third-order valence-corrected chi connectivity index (χ3v) is 8.86. The highest BCUT2D eigenvalue weighted by atomic mass is 19.1. The van der Waals surface area contributed by atoms with Crippen molar-refractivity contribution in [2.45, 2.75) is 44.6 Å². The number of anilines is 1. The quantitative estimate of drug-likeness (QED) is 0.281. The van der Waals surface area contributed by atoms with Gasteiger partial charge in [0.25, 0.3) is 5.91 Å². The fourth-order valence-electron chi connectivity index (χ4n) is 6.38. The minimum atomic E-state index is -0.425. The number of nitriles is 1. The van der Waals surface area contributed by atoms with Crippen molar-refractivity contribution in [2.75, 3.05) is 24.5 Å². The predicted octanol–water partition coefficient (Wildman–Crippen LogP) is 4.60. The number of nitrogens with zero attached hydrogens (tertiary/aromatic N) is 6. The van der Waals surface area contributed by atoms with Gasteiger partial charge in [-0.1, -0.05) is 24.3 Å². The zero-order chi connectivity index (χ0) is 29.0.